The second-order valence-electron chi connectivity index (χ2n) is 5.95. The molecule has 0 aliphatic heterocycles. The molecule has 0 spiro atoms. The molecule has 0 aliphatic carbocycles. The number of nitroso groups, excluding NO2 is 1. The summed E-state index contributed by atoms with van der Waals surface area (Å²) in [6, 6.07) is 18.3. The van der Waals surface area contributed by atoms with Crippen LogP contribution in [0.5, 0.6) is 0 Å². The predicted molar refractivity (Wildman–Crippen MR) is 115 cm³/mol. The van der Waals surface area contributed by atoms with Gasteiger partial charge in [0.05, 0.1) is 11.3 Å². The number of ketones is 1. The zero-order chi connectivity index (χ0) is 20.1. The molecule has 7 heteroatoms. The first-order chi connectivity index (χ1) is 13.5. The molecule has 0 amide bonds. The minimum Gasteiger partial charge on any atom is -0.478 e. The van der Waals surface area contributed by atoms with Crippen LogP contribution in [0.2, 0.25) is 0 Å². The van der Waals surface area contributed by atoms with E-state index in [-0.39, 0.29) is 22.4 Å². The van der Waals surface area contributed by atoms with Crippen molar-refractivity contribution in [1.29, 1.82) is 0 Å². The average molecular weight is 486 g/mol. The maximum atomic E-state index is 12.7. The van der Waals surface area contributed by atoms with E-state index in [9.17, 15) is 19.6 Å². The summed E-state index contributed by atoms with van der Waals surface area (Å²) in [5, 5.41) is 15.4. The van der Waals surface area contributed by atoms with Gasteiger partial charge in [-0.15, -0.1) is 4.91 Å². The first-order valence-electron chi connectivity index (χ1n) is 8.33. The quantitative estimate of drug-likeness (QED) is 0.271. The number of nitrogens with one attached hydrogen (secondary N) is 1. The maximum absolute atomic E-state index is 12.7. The summed E-state index contributed by atoms with van der Waals surface area (Å²) >= 11 is 2.23. The Balaban J connectivity index is 1.87. The molecule has 3 rings (SSSR count). The number of nitrogens with zero attached hydrogens (tertiary/aromatic N) is 1. The lowest BCUT2D eigenvalue weighted by molar-refractivity contribution is 0.0693. The minimum absolute atomic E-state index is 0.0615. The standard InChI is InChI=1S/C21H15IN2O4/c22-17-8-4-1-5-14(17)12-23-18-10-9-13(11-19(18)24-28)20(25)15-6-2-3-7-16(15)21(26)27/h1-11,23H,12H2,(H,26,27). The molecular formula is C21H15IN2O4. The molecular weight excluding hydrogens is 471 g/mol. The second kappa shape index (κ2) is 8.75. The van der Waals surface area contributed by atoms with E-state index in [1.54, 1.807) is 24.3 Å². The van der Waals surface area contributed by atoms with Crippen molar-refractivity contribution in [1.82, 2.24) is 0 Å². The molecule has 0 aliphatic rings. The van der Waals surface area contributed by atoms with Crippen molar-refractivity contribution in [3.63, 3.8) is 0 Å². The summed E-state index contributed by atoms with van der Waals surface area (Å²) in [5.41, 5.74) is 1.82. The van der Waals surface area contributed by atoms with E-state index in [0.717, 1.165) is 9.13 Å². The highest BCUT2D eigenvalue weighted by Gasteiger charge is 2.18. The third-order valence-corrected chi connectivity index (χ3v) is 5.24. The van der Waals surface area contributed by atoms with E-state index >= 15 is 0 Å². The molecule has 28 heavy (non-hydrogen) atoms. The number of carboxylic acids is 1. The van der Waals surface area contributed by atoms with Crippen LogP contribution in [0.1, 0.15) is 31.8 Å². The number of carboxylic acid groups (broad SMARTS) is 1. The molecule has 0 atom stereocenters. The highest BCUT2D eigenvalue weighted by atomic mass is 127. The summed E-state index contributed by atoms with van der Waals surface area (Å²) in [7, 11) is 0. The van der Waals surface area contributed by atoms with E-state index in [4.69, 9.17) is 0 Å². The van der Waals surface area contributed by atoms with Gasteiger partial charge < -0.3 is 10.4 Å². The Kier molecular flexibility index (Phi) is 6.15. The summed E-state index contributed by atoms with van der Waals surface area (Å²) < 4.78 is 1.09. The number of anilines is 1. The number of hydrogen-bond acceptors (Lipinski definition) is 5. The van der Waals surface area contributed by atoms with Crippen LogP contribution in [0.25, 0.3) is 0 Å². The van der Waals surface area contributed by atoms with Crippen molar-refractivity contribution in [3.8, 4) is 0 Å². The summed E-state index contributed by atoms with van der Waals surface area (Å²) in [6.45, 7) is 0.497. The largest absolute Gasteiger partial charge is 0.478 e. The van der Waals surface area contributed by atoms with Gasteiger partial charge >= 0.3 is 5.97 Å². The van der Waals surface area contributed by atoms with E-state index in [1.165, 1.54) is 18.2 Å². The minimum atomic E-state index is -1.19. The van der Waals surface area contributed by atoms with E-state index < -0.39 is 11.8 Å². The van der Waals surface area contributed by atoms with Crippen molar-refractivity contribution in [2.24, 2.45) is 5.18 Å². The Hall–Kier alpha value is -3.07. The highest BCUT2D eigenvalue weighted by molar-refractivity contribution is 14.1. The Morgan fingerprint density at radius 2 is 1.64 bits per heavy atom. The molecule has 0 aromatic heterocycles. The van der Waals surface area contributed by atoms with Gasteiger partial charge in [0.15, 0.2) is 5.78 Å². The molecule has 0 heterocycles. The number of benzene rings is 3. The normalized spacial score (nSPS) is 10.3. The molecule has 2 N–H and O–H groups in total. The molecule has 0 radical (unpaired) electrons. The Labute approximate surface area is 174 Å². The monoisotopic (exact) mass is 486 g/mol. The fourth-order valence-electron chi connectivity index (χ4n) is 2.75. The first kappa shape index (κ1) is 19.7. The van der Waals surface area contributed by atoms with Gasteiger partial charge in [-0.3, -0.25) is 4.79 Å². The van der Waals surface area contributed by atoms with Gasteiger partial charge in [-0.2, -0.15) is 0 Å². The zero-order valence-electron chi connectivity index (χ0n) is 14.6. The van der Waals surface area contributed by atoms with Crippen molar-refractivity contribution < 1.29 is 14.7 Å². The number of aromatic carboxylic acids is 1. The summed E-state index contributed by atoms with van der Waals surface area (Å²) in [6.07, 6.45) is 0. The van der Waals surface area contributed by atoms with Gasteiger partial charge in [0.1, 0.15) is 5.69 Å². The number of carbonyl (C=O) groups is 2. The van der Waals surface area contributed by atoms with Crippen LogP contribution >= 0.6 is 22.6 Å². The zero-order valence-corrected chi connectivity index (χ0v) is 16.7. The van der Waals surface area contributed by atoms with E-state index in [0.29, 0.717) is 12.2 Å². The summed E-state index contributed by atoms with van der Waals surface area (Å²) in [5.74, 6) is -1.67. The van der Waals surface area contributed by atoms with Gasteiger partial charge in [0, 0.05) is 21.2 Å². The van der Waals surface area contributed by atoms with Crippen LogP contribution < -0.4 is 5.32 Å². The van der Waals surface area contributed by atoms with Crippen molar-refractivity contribution in [2.75, 3.05) is 5.32 Å². The lowest BCUT2D eigenvalue weighted by atomic mass is 9.97. The molecule has 140 valence electrons. The number of halogens is 1. The second-order valence-corrected chi connectivity index (χ2v) is 7.11. The molecule has 3 aromatic rings. The highest BCUT2D eigenvalue weighted by Crippen LogP contribution is 2.28. The predicted octanol–water partition coefficient (Wildman–Crippen LogP) is 5.23. The van der Waals surface area contributed by atoms with Crippen molar-refractivity contribution in [3.05, 3.63) is 97.5 Å². The van der Waals surface area contributed by atoms with Crippen LogP contribution in [-0.2, 0) is 6.54 Å². The van der Waals surface area contributed by atoms with Crippen LogP contribution in [-0.4, -0.2) is 16.9 Å². The molecule has 0 bridgehead atoms. The van der Waals surface area contributed by atoms with Crippen LogP contribution in [0, 0.1) is 8.48 Å². The van der Waals surface area contributed by atoms with Crippen molar-refractivity contribution >= 4 is 45.7 Å². The molecule has 0 unspecified atom stereocenters. The lowest BCUT2D eigenvalue weighted by Crippen LogP contribution is -2.09. The molecule has 0 fully saturated rings. The van der Waals surface area contributed by atoms with Gasteiger partial charge in [0.25, 0.3) is 0 Å². The SMILES string of the molecule is O=Nc1cc(C(=O)c2ccccc2C(=O)O)ccc1NCc1ccccc1I. The number of carbonyl (C=O) groups excluding carboxylic acids is 1. The molecule has 0 saturated heterocycles. The Morgan fingerprint density at radius 3 is 2.32 bits per heavy atom. The first-order valence-corrected chi connectivity index (χ1v) is 9.41. The third-order valence-electron chi connectivity index (χ3n) is 4.19. The van der Waals surface area contributed by atoms with Crippen molar-refractivity contribution in [2.45, 2.75) is 6.54 Å². The van der Waals surface area contributed by atoms with E-state index in [2.05, 4.69) is 33.1 Å². The fraction of sp³-hybridized carbons (Fsp3) is 0.0476. The lowest BCUT2D eigenvalue weighted by Gasteiger charge is -2.11. The van der Waals surface area contributed by atoms with Gasteiger partial charge in [-0.05, 0) is 63.7 Å². The van der Waals surface area contributed by atoms with Gasteiger partial charge in [-0.25, -0.2) is 4.79 Å². The van der Waals surface area contributed by atoms with Crippen LogP contribution in [0.3, 0.4) is 0 Å². The topological polar surface area (TPSA) is 95.8 Å². The third kappa shape index (κ3) is 4.25. The molecule has 3 aromatic carbocycles. The number of rotatable bonds is 7. The fourth-order valence-corrected chi connectivity index (χ4v) is 3.33. The van der Waals surface area contributed by atoms with Crippen LogP contribution in [0.15, 0.2) is 71.9 Å². The Bertz CT molecular complexity index is 1070. The smallest absolute Gasteiger partial charge is 0.336 e. The van der Waals surface area contributed by atoms with Gasteiger partial charge in [-0.1, -0.05) is 36.4 Å². The van der Waals surface area contributed by atoms with Gasteiger partial charge in [0.2, 0.25) is 0 Å². The molecule has 0 saturated carbocycles. The van der Waals surface area contributed by atoms with Crippen LogP contribution in [0.4, 0.5) is 11.4 Å². The average Bonchev–Trinajstić information content (AvgIpc) is 2.72. The molecule has 6 nitrogen and oxygen atoms in total. The number of hydrogen-bond donors (Lipinski definition) is 2. The van der Waals surface area contributed by atoms with E-state index in [1.807, 2.05) is 24.3 Å². The summed E-state index contributed by atoms with van der Waals surface area (Å²) in [4.78, 5) is 35.4. The maximum Gasteiger partial charge on any atom is 0.336 e. The Morgan fingerprint density at radius 1 is 0.964 bits per heavy atom.